The molecule has 1 aliphatic carbocycles. The van der Waals surface area contributed by atoms with Crippen molar-refractivity contribution in [2.75, 3.05) is 56.7 Å². The summed E-state index contributed by atoms with van der Waals surface area (Å²) in [5.74, 6) is 1.25. The summed E-state index contributed by atoms with van der Waals surface area (Å²) in [5, 5.41) is 12.0. The monoisotopic (exact) mass is 593 g/mol. The van der Waals surface area contributed by atoms with Crippen molar-refractivity contribution in [3.63, 3.8) is 0 Å². The molecule has 1 saturated heterocycles. The summed E-state index contributed by atoms with van der Waals surface area (Å²) in [6, 6.07) is 18.1. The number of carbonyl (C=O) groups excluding carboxylic acids is 1. The maximum atomic E-state index is 12.6. The van der Waals surface area contributed by atoms with E-state index in [0.29, 0.717) is 50.8 Å². The summed E-state index contributed by atoms with van der Waals surface area (Å²) in [4.78, 5) is 31.4. The smallest absolute Gasteiger partial charge is 0.318 e. The molecule has 6 rings (SSSR count). The number of ether oxygens (including phenoxy) is 1. The van der Waals surface area contributed by atoms with Crippen molar-refractivity contribution < 1.29 is 9.53 Å². The number of carbonyl (C=O) groups is 1. The molecule has 1 saturated carbocycles. The molecule has 0 radical (unpaired) electrons. The van der Waals surface area contributed by atoms with E-state index in [2.05, 4.69) is 83.9 Å². The molecule has 0 bridgehead atoms. The molecule has 0 N–H and O–H groups in total. The highest BCUT2D eigenvalue weighted by Crippen LogP contribution is 2.35. The maximum Gasteiger partial charge on any atom is 0.318 e. The number of hydrogen-bond acceptors (Lipinski definition) is 8. The van der Waals surface area contributed by atoms with E-state index in [1.807, 2.05) is 0 Å². The highest BCUT2D eigenvalue weighted by Gasteiger charge is 2.33. The van der Waals surface area contributed by atoms with Crippen molar-refractivity contribution in [3.05, 3.63) is 66.4 Å². The van der Waals surface area contributed by atoms with Gasteiger partial charge in [-0.3, -0.25) is 4.79 Å². The number of anilines is 2. The maximum absolute atomic E-state index is 12.6. The molecule has 3 aliphatic rings. The zero-order valence-electron chi connectivity index (χ0n) is 26.0. The minimum Gasteiger partial charge on any atom is -0.463 e. The zero-order chi connectivity index (χ0) is 30.6. The minimum absolute atomic E-state index is 0.131. The SMILES string of the molecule is C=CC(=O)N1CCN(c2nc(OCC3CCC(N(C)C)CC3)nc3c2CCN(c2cccc4ccccc24)C3)C[C@@H]1CC#N. The number of benzene rings is 2. The van der Waals surface area contributed by atoms with Crippen LogP contribution >= 0.6 is 0 Å². The molecule has 3 aromatic rings. The zero-order valence-corrected chi connectivity index (χ0v) is 26.0. The van der Waals surface area contributed by atoms with Crippen molar-refractivity contribution in [1.82, 2.24) is 19.8 Å². The standard InChI is InChI=1S/C35H43N7O2/c1-4-33(43)42-21-20-41(22-28(42)16-18-36)34-30-17-19-40(32-11-7-9-26-8-5-6-10-29(26)32)23-31(30)37-35(38-34)44-24-25-12-14-27(15-13-25)39(2)3/h4-11,25,27-28H,1,12-17,19-24H2,2-3H3/t25?,27?,28-/m0/s1. The van der Waals surface area contributed by atoms with E-state index < -0.39 is 0 Å². The van der Waals surface area contributed by atoms with Gasteiger partial charge in [-0.05, 0) is 69.6 Å². The van der Waals surface area contributed by atoms with Crippen molar-refractivity contribution in [3.8, 4) is 12.1 Å². The van der Waals surface area contributed by atoms with Crippen LogP contribution in [-0.2, 0) is 17.8 Å². The van der Waals surface area contributed by atoms with Crippen LogP contribution in [-0.4, -0.2) is 84.6 Å². The predicted octanol–water partition coefficient (Wildman–Crippen LogP) is 4.81. The molecular formula is C35H43N7O2. The summed E-state index contributed by atoms with van der Waals surface area (Å²) in [5.41, 5.74) is 3.33. The number of nitrogens with zero attached hydrogens (tertiary/aromatic N) is 7. The van der Waals surface area contributed by atoms with Crippen molar-refractivity contribution in [2.45, 2.75) is 57.2 Å². The molecule has 1 aromatic heterocycles. The Morgan fingerprint density at radius 3 is 2.64 bits per heavy atom. The lowest BCUT2D eigenvalue weighted by Crippen LogP contribution is -2.55. The van der Waals surface area contributed by atoms with Crippen LogP contribution in [0.4, 0.5) is 11.5 Å². The van der Waals surface area contributed by atoms with Crippen molar-refractivity contribution in [1.29, 1.82) is 5.26 Å². The van der Waals surface area contributed by atoms with Crippen molar-refractivity contribution >= 4 is 28.2 Å². The Hall–Kier alpha value is -4.16. The molecule has 230 valence electrons. The number of rotatable bonds is 8. The average Bonchev–Trinajstić information content (AvgIpc) is 3.06. The fourth-order valence-electron chi connectivity index (χ4n) is 7.16. The predicted molar refractivity (Wildman–Crippen MR) is 174 cm³/mol. The number of piperazine rings is 1. The second-order valence-corrected chi connectivity index (χ2v) is 12.6. The highest BCUT2D eigenvalue weighted by molar-refractivity contribution is 5.94. The largest absolute Gasteiger partial charge is 0.463 e. The van der Waals surface area contributed by atoms with E-state index in [-0.39, 0.29) is 18.4 Å². The van der Waals surface area contributed by atoms with Crippen LogP contribution in [0.25, 0.3) is 10.8 Å². The van der Waals surface area contributed by atoms with E-state index in [4.69, 9.17) is 14.7 Å². The molecule has 2 aromatic carbocycles. The molecule has 44 heavy (non-hydrogen) atoms. The van der Waals surface area contributed by atoms with Crippen LogP contribution in [0.3, 0.4) is 0 Å². The highest BCUT2D eigenvalue weighted by atomic mass is 16.5. The van der Waals surface area contributed by atoms with E-state index in [9.17, 15) is 10.1 Å². The van der Waals surface area contributed by atoms with Gasteiger partial charge in [-0.25, -0.2) is 0 Å². The first-order chi connectivity index (χ1) is 21.4. The van der Waals surface area contributed by atoms with Crippen molar-refractivity contribution in [2.24, 2.45) is 5.92 Å². The molecule has 0 spiro atoms. The minimum atomic E-state index is -0.225. The summed E-state index contributed by atoms with van der Waals surface area (Å²) < 4.78 is 6.39. The van der Waals surface area contributed by atoms with Crippen LogP contribution in [0.1, 0.15) is 43.4 Å². The summed E-state index contributed by atoms with van der Waals surface area (Å²) in [6.45, 7) is 7.49. The Bertz CT molecular complexity index is 1540. The molecule has 9 nitrogen and oxygen atoms in total. The molecular weight excluding hydrogens is 550 g/mol. The van der Waals surface area contributed by atoms with Gasteiger partial charge in [0.25, 0.3) is 0 Å². The first-order valence-corrected chi connectivity index (χ1v) is 15.9. The van der Waals surface area contributed by atoms with E-state index in [0.717, 1.165) is 42.9 Å². The third-order valence-electron chi connectivity index (χ3n) is 9.69. The van der Waals surface area contributed by atoms with Crippen LogP contribution in [0, 0.1) is 17.2 Å². The van der Waals surface area contributed by atoms with Crippen LogP contribution < -0.4 is 14.5 Å². The normalized spacial score (nSPS) is 22.0. The fourth-order valence-corrected chi connectivity index (χ4v) is 7.16. The summed E-state index contributed by atoms with van der Waals surface area (Å²) in [6.07, 6.45) is 7.06. The van der Waals surface area contributed by atoms with Gasteiger partial charge in [-0.15, -0.1) is 0 Å². The molecule has 1 atom stereocenters. The van der Waals surface area contributed by atoms with Crippen LogP contribution in [0.2, 0.25) is 0 Å². The topological polar surface area (TPSA) is 88.8 Å². The van der Waals surface area contributed by atoms with Gasteiger partial charge in [-0.2, -0.15) is 15.2 Å². The second kappa shape index (κ2) is 13.2. The second-order valence-electron chi connectivity index (χ2n) is 12.6. The van der Waals surface area contributed by atoms with Gasteiger partial charge >= 0.3 is 6.01 Å². The van der Waals surface area contributed by atoms with Gasteiger partial charge in [0, 0.05) is 48.9 Å². The molecule has 1 amide bonds. The van der Waals surface area contributed by atoms with E-state index in [1.165, 1.54) is 35.4 Å². The van der Waals surface area contributed by atoms with Gasteiger partial charge < -0.3 is 24.3 Å². The fraction of sp³-hybridized carbons (Fsp3) is 0.486. The van der Waals surface area contributed by atoms with E-state index in [1.54, 1.807) is 4.90 Å². The molecule has 0 unspecified atom stereocenters. The number of amides is 1. The van der Waals surface area contributed by atoms with Gasteiger partial charge in [0.1, 0.15) is 5.82 Å². The quantitative estimate of drug-likeness (QED) is 0.344. The summed E-state index contributed by atoms with van der Waals surface area (Å²) >= 11 is 0. The van der Waals surface area contributed by atoms with Gasteiger partial charge in [-0.1, -0.05) is 43.0 Å². The molecule has 3 heterocycles. The molecule has 2 fully saturated rings. The van der Waals surface area contributed by atoms with Crippen LogP contribution in [0.15, 0.2) is 55.1 Å². The first kappa shape index (κ1) is 29.9. The number of hydrogen-bond donors (Lipinski definition) is 0. The van der Waals surface area contributed by atoms with Gasteiger partial charge in [0.2, 0.25) is 5.91 Å². The lowest BCUT2D eigenvalue weighted by molar-refractivity contribution is -0.128. The number of fused-ring (bicyclic) bond motifs is 2. The Labute approximate surface area is 260 Å². The molecule has 2 aliphatic heterocycles. The van der Waals surface area contributed by atoms with Gasteiger partial charge in [0.15, 0.2) is 0 Å². The number of nitriles is 1. The Morgan fingerprint density at radius 2 is 1.86 bits per heavy atom. The van der Waals surface area contributed by atoms with Crippen LogP contribution in [0.5, 0.6) is 6.01 Å². The lowest BCUT2D eigenvalue weighted by Gasteiger charge is -2.42. The third kappa shape index (κ3) is 6.22. The Balaban J connectivity index is 1.28. The first-order valence-electron chi connectivity index (χ1n) is 15.9. The average molecular weight is 594 g/mol. The Kier molecular flexibility index (Phi) is 8.99. The lowest BCUT2D eigenvalue weighted by atomic mass is 9.86. The molecule has 9 heteroatoms. The van der Waals surface area contributed by atoms with E-state index >= 15 is 0 Å². The van der Waals surface area contributed by atoms with Gasteiger partial charge in [0.05, 0.1) is 37.4 Å². The number of aromatic nitrogens is 2. The Morgan fingerprint density at radius 1 is 1.07 bits per heavy atom. The third-order valence-corrected chi connectivity index (χ3v) is 9.69. The summed E-state index contributed by atoms with van der Waals surface area (Å²) in [7, 11) is 4.33.